The van der Waals surface area contributed by atoms with E-state index >= 15 is 0 Å². The lowest BCUT2D eigenvalue weighted by Crippen LogP contribution is -2.37. The minimum Gasteiger partial charge on any atom is -0.491 e. The van der Waals surface area contributed by atoms with Gasteiger partial charge in [0.05, 0.1) is 6.61 Å². The van der Waals surface area contributed by atoms with Gasteiger partial charge in [-0.3, -0.25) is 4.99 Å². The molecule has 0 amide bonds. The second-order valence-corrected chi connectivity index (χ2v) is 6.54. The summed E-state index contributed by atoms with van der Waals surface area (Å²) in [6, 6.07) is 12.9. The number of rotatable bonds is 10. The summed E-state index contributed by atoms with van der Waals surface area (Å²) in [5.41, 5.74) is 3.21. The molecule has 0 saturated heterocycles. The molecular weight excluding hydrogens is 357 g/mol. The molecule has 6 heteroatoms. The fourth-order valence-electron chi connectivity index (χ4n) is 2.77. The second kappa shape index (κ2) is 12.0. The standard InChI is InChI=1S/C22H30FN3O2/c1-17-9-10-19(21(14-17)28-13-12-27-3)16-26-22(24-2)25-11-5-7-18-6-4-8-20(23)15-18/h4,6,8-10,14-15H,5,7,11-13,16H2,1-3H3,(H2,24,25,26). The molecule has 2 N–H and O–H groups in total. The third-order valence-corrected chi connectivity index (χ3v) is 4.26. The number of aryl methyl sites for hydroxylation is 2. The van der Waals surface area contributed by atoms with E-state index in [1.807, 2.05) is 19.1 Å². The van der Waals surface area contributed by atoms with Gasteiger partial charge in [-0.15, -0.1) is 0 Å². The van der Waals surface area contributed by atoms with Crippen LogP contribution in [0.1, 0.15) is 23.1 Å². The largest absolute Gasteiger partial charge is 0.491 e. The van der Waals surface area contributed by atoms with Gasteiger partial charge in [-0.25, -0.2) is 4.39 Å². The molecular formula is C22H30FN3O2. The SMILES string of the molecule is CN=C(NCCCc1cccc(F)c1)NCc1ccc(C)cc1OCCOC. The Kier molecular flexibility index (Phi) is 9.28. The van der Waals surface area contributed by atoms with Crippen LogP contribution in [0.2, 0.25) is 0 Å². The maximum Gasteiger partial charge on any atom is 0.191 e. The van der Waals surface area contributed by atoms with Crippen LogP contribution >= 0.6 is 0 Å². The van der Waals surface area contributed by atoms with Crippen molar-refractivity contribution < 1.29 is 13.9 Å². The van der Waals surface area contributed by atoms with Gasteiger partial charge in [0.25, 0.3) is 0 Å². The smallest absolute Gasteiger partial charge is 0.191 e. The fourth-order valence-corrected chi connectivity index (χ4v) is 2.77. The molecule has 0 atom stereocenters. The van der Waals surface area contributed by atoms with Crippen molar-refractivity contribution in [2.75, 3.05) is 33.9 Å². The van der Waals surface area contributed by atoms with Crippen molar-refractivity contribution in [1.82, 2.24) is 10.6 Å². The molecule has 0 aliphatic rings. The van der Waals surface area contributed by atoms with Crippen LogP contribution in [0.5, 0.6) is 5.75 Å². The predicted molar refractivity (Wildman–Crippen MR) is 111 cm³/mol. The first kappa shape index (κ1) is 21.7. The molecule has 0 aromatic heterocycles. The van der Waals surface area contributed by atoms with Crippen LogP contribution in [-0.2, 0) is 17.7 Å². The van der Waals surface area contributed by atoms with Crippen molar-refractivity contribution in [2.24, 2.45) is 4.99 Å². The van der Waals surface area contributed by atoms with Crippen LogP contribution < -0.4 is 15.4 Å². The highest BCUT2D eigenvalue weighted by atomic mass is 19.1. The molecule has 152 valence electrons. The van der Waals surface area contributed by atoms with Gasteiger partial charge in [0.1, 0.15) is 18.2 Å². The second-order valence-electron chi connectivity index (χ2n) is 6.54. The minimum absolute atomic E-state index is 0.190. The third-order valence-electron chi connectivity index (χ3n) is 4.26. The highest BCUT2D eigenvalue weighted by Crippen LogP contribution is 2.20. The van der Waals surface area contributed by atoms with Crippen LogP contribution in [0, 0.1) is 12.7 Å². The van der Waals surface area contributed by atoms with E-state index in [0.29, 0.717) is 19.8 Å². The Balaban J connectivity index is 1.80. The highest BCUT2D eigenvalue weighted by molar-refractivity contribution is 5.79. The van der Waals surface area contributed by atoms with Crippen molar-refractivity contribution >= 4 is 5.96 Å². The number of nitrogens with zero attached hydrogens (tertiary/aromatic N) is 1. The molecule has 0 heterocycles. The van der Waals surface area contributed by atoms with Crippen LogP contribution in [0.4, 0.5) is 4.39 Å². The maximum absolute atomic E-state index is 13.2. The van der Waals surface area contributed by atoms with Gasteiger partial charge in [-0.2, -0.15) is 0 Å². The minimum atomic E-state index is -0.190. The van der Waals surface area contributed by atoms with Gasteiger partial charge in [-0.05, 0) is 49.1 Å². The summed E-state index contributed by atoms with van der Waals surface area (Å²) in [5, 5.41) is 6.60. The molecule has 0 spiro atoms. The topological polar surface area (TPSA) is 54.9 Å². The molecule has 0 aliphatic heterocycles. The first-order valence-corrected chi connectivity index (χ1v) is 9.52. The number of guanidine groups is 1. The van der Waals surface area contributed by atoms with Crippen molar-refractivity contribution in [2.45, 2.75) is 26.3 Å². The summed E-state index contributed by atoms with van der Waals surface area (Å²) in [7, 11) is 3.40. The van der Waals surface area contributed by atoms with Crippen LogP contribution in [0.15, 0.2) is 47.5 Å². The normalized spacial score (nSPS) is 11.4. The van der Waals surface area contributed by atoms with Gasteiger partial charge in [-0.1, -0.05) is 24.3 Å². The van der Waals surface area contributed by atoms with Crippen molar-refractivity contribution in [3.8, 4) is 5.75 Å². The number of hydrogen-bond donors (Lipinski definition) is 2. The maximum atomic E-state index is 13.2. The summed E-state index contributed by atoms with van der Waals surface area (Å²) in [4.78, 5) is 4.26. The van der Waals surface area contributed by atoms with E-state index in [1.54, 1.807) is 26.3 Å². The van der Waals surface area contributed by atoms with Crippen LogP contribution in [0.3, 0.4) is 0 Å². The Morgan fingerprint density at radius 2 is 1.96 bits per heavy atom. The highest BCUT2D eigenvalue weighted by Gasteiger charge is 2.06. The van der Waals surface area contributed by atoms with E-state index in [0.717, 1.165) is 47.8 Å². The molecule has 0 unspecified atom stereocenters. The van der Waals surface area contributed by atoms with E-state index in [1.165, 1.54) is 6.07 Å². The molecule has 0 aliphatic carbocycles. The number of benzene rings is 2. The van der Waals surface area contributed by atoms with E-state index in [-0.39, 0.29) is 5.82 Å². The van der Waals surface area contributed by atoms with E-state index < -0.39 is 0 Å². The molecule has 0 saturated carbocycles. The fraction of sp³-hybridized carbons (Fsp3) is 0.409. The van der Waals surface area contributed by atoms with Crippen LogP contribution in [-0.4, -0.2) is 39.9 Å². The third kappa shape index (κ3) is 7.56. The lowest BCUT2D eigenvalue weighted by Gasteiger charge is -2.15. The number of nitrogens with one attached hydrogen (secondary N) is 2. The first-order chi connectivity index (χ1) is 13.6. The average molecular weight is 387 g/mol. The quantitative estimate of drug-likeness (QED) is 0.372. The number of methoxy groups -OCH3 is 1. The number of aliphatic imine (C=N–C) groups is 1. The summed E-state index contributed by atoms with van der Waals surface area (Å²) < 4.78 is 24.1. The Morgan fingerprint density at radius 1 is 1.11 bits per heavy atom. The molecule has 5 nitrogen and oxygen atoms in total. The summed E-state index contributed by atoms with van der Waals surface area (Å²) >= 11 is 0. The molecule has 0 radical (unpaired) electrons. The van der Waals surface area contributed by atoms with Crippen molar-refractivity contribution in [3.05, 3.63) is 65.0 Å². The Labute approximate surface area is 167 Å². The summed E-state index contributed by atoms with van der Waals surface area (Å²) in [5.74, 6) is 1.39. The number of halogens is 1. The van der Waals surface area contributed by atoms with Gasteiger partial charge < -0.3 is 20.1 Å². The summed E-state index contributed by atoms with van der Waals surface area (Å²) in [6.45, 7) is 4.46. The van der Waals surface area contributed by atoms with E-state index in [2.05, 4.69) is 27.8 Å². The zero-order valence-electron chi connectivity index (χ0n) is 16.9. The average Bonchev–Trinajstić information content (AvgIpc) is 2.69. The number of hydrogen-bond acceptors (Lipinski definition) is 3. The molecule has 2 rings (SSSR count). The number of ether oxygens (including phenoxy) is 2. The predicted octanol–water partition coefficient (Wildman–Crippen LogP) is 3.46. The van der Waals surface area contributed by atoms with E-state index in [9.17, 15) is 4.39 Å². The monoisotopic (exact) mass is 387 g/mol. The zero-order valence-corrected chi connectivity index (χ0v) is 16.9. The van der Waals surface area contributed by atoms with Gasteiger partial charge >= 0.3 is 0 Å². The Morgan fingerprint density at radius 3 is 2.71 bits per heavy atom. The Hall–Kier alpha value is -2.60. The van der Waals surface area contributed by atoms with Gasteiger partial charge in [0.2, 0.25) is 0 Å². The Bertz CT molecular complexity index is 765. The molecule has 28 heavy (non-hydrogen) atoms. The van der Waals surface area contributed by atoms with Crippen molar-refractivity contribution in [3.63, 3.8) is 0 Å². The van der Waals surface area contributed by atoms with Gasteiger partial charge in [0, 0.05) is 32.8 Å². The summed E-state index contributed by atoms with van der Waals surface area (Å²) in [6.07, 6.45) is 1.71. The first-order valence-electron chi connectivity index (χ1n) is 9.52. The molecule has 2 aromatic carbocycles. The lowest BCUT2D eigenvalue weighted by atomic mass is 10.1. The van der Waals surface area contributed by atoms with Crippen molar-refractivity contribution in [1.29, 1.82) is 0 Å². The zero-order chi connectivity index (χ0) is 20.2. The van der Waals surface area contributed by atoms with E-state index in [4.69, 9.17) is 9.47 Å². The van der Waals surface area contributed by atoms with Gasteiger partial charge in [0.15, 0.2) is 5.96 Å². The molecule has 0 bridgehead atoms. The lowest BCUT2D eigenvalue weighted by molar-refractivity contribution is 0.145. The van der Waals surface area contributed by atoms with Crippen LogP contribution in [0.25, 0.3) is 0 Å². The molecule has 2 aromatic rings. The molecule has 0 fully saturated rings.